The van der Waals surface area contributed by atoms with E-state index in [1.807, 2.05) is 31.2 Å². The third kappa shape index (κ3) is 10.8. The molecule has 0 aliphatic heterocycles. The molecule has 2 atom stereocenters. The normalized spacial score (nSPS) is 13.0. The zero-order valence-electron chi connectivity index (χ0n) is 22.6. The molecule has 0 spiro atoms. The summed E-state index contributed by atoms with van der Waals surface area (Å²) in [7, 11) is 0. The van der Waals surface area contributed by atoms with E-state index in [2.05, 4.69) is 0 Å². The highest BCUT2D eigenvalue weighted by Gasteiger charge is 2.41. The number of rotatable bonds is 14. The number of esters is 3. The van der Waals surface area contributed by atoms with Crippen LogP contribution in [0.1, 0.15) is 62.0 Å². The Bertz CT molecular complexity index is 1150. The van der Waals surface area contributed by atoms with E-state index in [9.17, 15) is 19.2 Å². The lowest BCUT2D eigenvalue weighted by atomic mass is 9.78. The fourth-order valence-electron chi connectivity index (χ4n) is 3.79. The summed E-state index contributed by atoms with van der Waals surface area (Å²) in [6.45, 7) is 7.13. The Morgan fingerprint density at radius 1 is 1.00 bits per heavy atom. The lowest BCUT2D eigenvalue weighted by Crippen LogP contribution is -2.37. The molecule has 2 aromatic carbocycles. The summed E-state index contributed by atoms with van der Waals surface area (Å²) < 4.78 is 17.1. The van der Waals surface area contributed by atoms with Gasteiger partial charge in [0.1, 0.15) is 22.2 Å². The fourth-order valence-corrected chi connectivity index (χ4v) is 5.97. The highest BCUT2D eigenvalue weighted by Crippen LogP contribution is 2.33. The lowest BCUT2D eigenvalue weighted by molar-refractivity contribution is -0.164. The maximum atomic E-state index is 12.9. The van der Waals surface area contributed by atoms with Crippen LogP contribution < -0.4 is 4.74 Å². The van der Waals surface area contributed by atoms with E-state index in [4.69, 9.17) is 26.4 Å². The second-order valence-electron chi connectivity index (χ2n) is 9.07. The van der Waals surface area contributed by atoms with Crippen LogP contribution in [-0.2, 0) is 36.2 Å². The van der Waals surface area contributed by atoms with Gasteiger partial charge in [-0.05, 0) is 61.4 Å². The average molecular weight is 591 g/mol. The number of carbonyl (C=O) groups is 4. The topological polar surface area (TPSA) is 96.0 Å². The Morgan fingerprint density at radius 3 is 2.28 bits per heavy atom. The van der Waals surface area contributed by atoms with Crippen molar-refractivity contribution in [3.05, 3.63) is 65.2 Å². The Balaban J connectivity index is 2.04. The first-order chi connectivity index (χ1) is 18.6. The molecule has 7 nitrogen and oxygen atoms in total. The number of thioether (sulfide) groups is 2. The van der Waals surface area contributed by atoms with Gasteiger partial charge in [-0.1, -0.05) is 50.3 Å². The molecule has 0 fully saturated rings. The first-order valence-corrected chi connectivity index (χ1v) is 15.0. The summed E-state index contributed by atoms with van der Waals surface area (Å²) in [6.07, 6.45) is 0.454. The third-order valence-corrected chi connectivity index (χ3v) is 8.44. The van der Waals surface area contributed by atoms with Gasteiger partial charge in [0, 0.05) is 11.3 Å². The number of hydrogen-bond donors (Lipinski definition) is 0. The van der Waals surface area contributed by atoms with Crippen LogP contribution in [0.2, 0.25) is 0 Å². The van der Waals surface area contributed by atoms with Crippen molar-refractivity contribution in [3.8, 4) is 5.75 Å². The number of carbonyl (C=O) groups excluding carboxylic acids is 4. The summed E-state index contributed by atoms with van der Waals surface area (Å²) in [5.74, 6) is -0.595. The van der Waals surface area contributed by atoms with E-state index in [0.717, 1.165) is 20.4 Å². The molecule has 0 radical (unpaired) electrons. The van der Waals surface area contributed by atoms with Crippen LogP contribution in [0.15, 0.2) is 48.5 Å². The summed E-state index contributed by atoms with van der Waals surface area (Å²) in [4.78, 5) is 49.4. The van der Waals surface area contributed by atoms with Crippen LogP contribution in [-0.4, -0.2) is 40.1 Å². The molecule has 2 unspecified atom stereocenters. The highest BCUT2D eigenvalue weighted by atomic mass is 32.2. The summed E-state index contributed by atoms with van der Waals surface area (Å²) in [5, 5.41) is 0. The molecular weight excluding hydrogens is 557 g/mol. The number of hydrogen-bond acceptors (Lipinski definition) is 10. The van der Waals surface area contributed by atoms with E-state index < -0.39 is 29.2 Å². The number of thiocarbonyl (C=S) groups is 1. The molecule has 2 aromatic rings. The van der Waals surface area contributed by atoms with E-state index >= 15 is 0 Å². The van der Waals surface area contributed by atoms with E-state index in [1.54, 1.807) is 44.3 Å². The fraction of sp³-hybridized carbons (Fsp3) is 0.414. The van der Waals surface area contributed by atoms with Gasteiger partial charge in [0.25, 0.3) is 0 Å². The third-order valence-electron chi connectivity index (χ3n) is 5.81. The first kappa shape index (κ1) is 32.5. The zero-order chi connectivity index (χ0) is 28.8. The average Bonchev–Trinajstić information content (AvgIpc) is 2.91. The van der Waals surface area contributed by atoms with Crippen molar-refractivity contribution in [1.29, 1.82) is 0 Å². The van der Waals surface area contributed by atoms with Crippen LogP contribution in [0.3, 0.4) is 0 Å². The number of aldehydes is 1. The Kier molecular flexibility index (Phi) is 13.7. The minimum Gasteiger partial charge on any atom is -0.466 e. The van der Waals surface area contributed by atoms with Crippen LogP contribution >= 0.6 is 35.7 Å². The molecule has 0 heterocycles. The van der Waals surface area contributed by atoms with Gasteiger partial charge in [0.05, 0.1) is 24.4 Å². The van der Waals surface area contributed by atoms with Crippen LogP contribution in [0.5, 0.6) is 5.75 Å². The van der Waals surface area contributed by atoms with E-state index in [-0.39, 0.29) is 31.8 Å². The Labute approximate surface area is 243 Å². The SMILES string of the molecule is CCOC(=O)C(C)(CC(=O)OCc1ccccc1CSC(=S)SCC)CC(C)C(=O)Oc1ccc(C=O)cc1. The second-order valence-corrected chi connectivity index (χ2v) is 12.5. The van der Waals surface area contributed by atoms with Crippen molar-refractivity contribution in [3.63, 3.8) is 0 Å². The van der Waals surface area contributed by atoms with Gasteiger partial charge in [-0.25, -0.2) is 0 Å². The smallest absolute Gasteiger partial charge is 0.314 e. The standard InChI is InChI=1S/C29H34O7S3/c1-5-34-27(33)29(4,15-20(3)26(32)36-24-13-11-21(17-30)12-14-24)16-25(31)35-18-22-9-7-8-10-23(22)19-39-28(37)38-6-2/h7-14,17,20H,5-6,15-16,18-19H2,1-4H3. The predicted molar refractivity (Wildman–Crippen MR) is 159 cm³/mol. The van der Waals surface area contributed by atoms with Gasteiger partial charge in [-0.3, -0.25) is 19.2 Å². The van der Waals surface area contributed by atoms with E-state index in [0.29, 0.717) is 17.6 Å². The van der Waals surface area contributed by atoms with Gasteiger partial charge in [0.2, 0.25) is 0 Å². The lowest BCUT2D eigenvalue weighted by Gasteiger charge is -2.28. The molecule has 0 N–H and O–H groups in total. The summed E-state index contributed by atoms with van der Waals surface area (Å²) >= 11 is 8.54. The molecule has 0 saturated carbocycles. The van der Waals surface area contributed by atoms with E-state index in [1.165, 1.54) is 24.3 Å². The molecule has 0 aromatic heterocycles. The number of benzene rings is 2. The van der Waals surface area contributed by atoms with Crippen molar-refractivity contribution < 1.29 is 33.4 Å². The maximum absolute atomic E-state index is 12.9. The molecule has 0 amide bonds. The molecule has 0 aliphatic rings. The summed E-state index contributed by atoms with van der Waals surface area (Å²) in [6, 6.07) is 13.8. The molecule has 0 saturated heterocycles. The quantitative estimate of drug-likeness (QED) is 0.106. The largest absolute Gasteiger partial charge is 0.466 e. The van der Waals surface area contributed by atoms with Crippen molar-refractivity contribution in [2.45, 2.75) is 52.9 Å². The molecule has 210 valence electrons. The Morgan fingerprint density at radius 2 is 1.67 bits per heavy atom. The predicted octanol–water partition coefficient (Wildman–Crippen LogP) is 6.40. The number of ether oxygens (including phenoxy) is 3. The summed E-state index contributed by atoms with van der Waals surface area (Å²) in [5.41, 5.74) is 1.03. The van der Waals surface area contributed by atoms with Crippen molar-refractivity contribution in [1.82, 2.24) is 0 Å². The van der Waals surface area contributed by atoms with Crippen molar-refractivity contribution in [2.24, 2.45) is 11.3 Å². The maximum Gasteiger partial charge on any atom is 0.314 e. The van der Waals surface area contributed by atoms with Crippen LogP contribution in [0, 0.1) is 11.3 Å². The van der Waals surface area contributed by atoms with Gasteiger partial charge in [0.15, 0.2) is 0 Å². The van der Waals surface area contributed by atoms with Gasteiger partial charge in [-0.2, -0.15) is 0 Å². The van der Waals surface area contributed by atoms with Crippen LogP contribution in [0.4, 0.5) is 0 Å². The molecule has 0 aliphatic carbocycles. The first-order valence-electron chi connectivity index (χ1n) is 12.6. The van der Waals surface area contributed by atoms with Crippen molar-refractivity contribution >= 4 is 63.5 Å². The minimum atomic E-state index is -1.30. The van der Waals surface area contributed by atoms with Gasteiger partial charge >= 0.3 is 17.9 Å². The second kappa shape index (κ2) is 16.4. The molecule has 10 heteroatoms. The minimum absolute atomic E-state index is 0.0198. The van der Waals surface area contributed by atoms with Crippen molar-refractivity contribution in [2.75, 3.05) is 12.4 Å². The molecule has 0 bridgehead atoms. The molecular formula is C29H34O7S3. The molecule has 2 rings (SSSR count). The molecule has 39 heavy (non-hydrogen) atoms. The monoisotopic (exact) mass is 590 g/mol. The zero-order valence-corrected chi connectivity index (χ0v) is 25.0. The van der Waals surface area contributed by atoms with Gasteiger partial charge < -0.3 is 14.2 Å². The van der Waals surface area contributed by atoms with Crippen LogP contribution in [0.25, 0.3) is 0 Å². The van der Waals surface area contributed by atoms with Gasteiger partial charge in [-0.15, -0.1) is 23.5 Å². The highest BCUT2D eigenvalue weighted by molar-refractivity contribution is 8.46. The Hall–Kier alpha value is -2.69.